The third kappa shape index (κ3) is 4.11. The van der Waals surface area contributed by atoms with Gasteiger partial charge in [-0.15, -0.1) is 0 Å². The molecule has 0 radical (unpaired) electrons. The maximum absolute atomic E-state index is 13.7. The van der Waals surface area contributed by atoms with Crippen LogP contribution in [0.25, 0.3) is 0 Å². The molecule has 0 spiro atoms. The largest absolute Gasteiger partial charge is 0.399 e. The molecule has 1 aromatic carbocycles. The number of anilines is 1. The number of nitrogens with two attached hydrogens (primary N) is 1. The Hall–Kier alpha value is -0.310. The molecule has 0 amide bonds. The molecule has 1 aromatic rings. The summed E-state index contributed by atoms with van der Waals surface area (Å²) in [7, 11) is -3.86. The van der Waals surface area contributed by atoms with Gasteiger partial charge >= 0.3 is 0 Å². The van der Waals surface area contributed by atoms with Crippen LogP contribution in [0.4, 0.5) is 10.1 Å². The van der Waals surface area contributed by atoms with Gasteiger partial charge in [-0.25, -0.2) is 17.5 Å². The fourth-order valence-corrected chi connectivity index (χ4v) is 3.53. The second kappa shape index (κ2) is 6.74. The molecule has 8 heteroatoms. The molecule has 0 bridgehead atoms. The van der Waals surface area contributed by atoms with Gasteiger partial charge in [0.15, 0.2) is 5.82 Å². The molecule has 18 heavy (non-hydrogen) atoms. The van der Waals surface area contributed by atoms with E-state index < -0.39 is 20.7 Å². The van der Waals surface area contributed by atoms with E-state index in [1.807, 2.05) is 6.26 Å². The van der Waals surface area contributed by atoms with E-state index in [0.29, 0.717) is 6.42 Å². The molecule has 3 N–H and O–H groups in total. The molecule has 0 aliphatic carbocycles. The van der Waals surface area contributed by atoms with Crippen LogP contribution in [0.2, 0.25) is 0 Å². The van der Waals surface area contributed by atoms with E-state index in [2.05, 4.69) is 20.7 Å². The van der Waals surface area contributed by atoms with E-state index in [9.17, 15) is 12.8 Å². The van der Waals surface area contributed by atoms with Gasteiger partial charge in [0, 0.05) is 12.2 Å². The molecule has 0 aromatic heterocycles. The van der Waals surface area contributed by atoms with Gasteiger partial charge in [-0.1, -0.05) is 0 Å². The number of nitrogen functional groups attached to an aromatic ring is 1. The summed E-state index contributed by atoms with van der Waals surface area (Å²) < 4.78 is 39.9. The first-order valence-corrected chi connectivity index (χ1v) is 8.78. The molecular weight excluding hydrogens is 343 g/mol. The number of thioether (sulfide) groups is 1. The number of sulfonamides is 1. The number of rotatable bonds is 6. The van der Waals surface area contributed by atoms with Crippen molar-refractivity contribution in [1.29, 1.82) is 0 Å². The highest BCUT2D eigenvalue weighted by molar-refractivity contribution is 9.10. The summed E-state index contributed by atoms with van der Waals surface area (Å²) in [6.45, 7) is 0.273. The fourth-order valence-electron chi connectivity index (χ4n) is 1.28. The van der Waals surface area contributed by atoms with E-state index in [-0.39, 0.29) is 16.7 Å². The SMILES string of the molecule is CSCCCNS(=O)(=O)c1cc(N)cc(Br)c1F. The van der Waals surface area contributed by atoms with Crippen molar-refractivity contribution in [2.45, 2.75) is 11.3 Å². The third-order valence-electron chi connectivity index (χ3n) is 2.12. The molecule has 0 aliphatic rings. The lowest BCUT2D eigenvalue weighted by molar-refractivity contribution is 0.554. The van der Waals surface area contributed by atoms with Crippen molar-refractivity contribution in [3.05, 3.63) is 22.4 Å². The molecule has 1 rings (SSSR count). The fraction of sp³-hybridized carbons (Fsp3) is 0.400. The molecule has 0 atom stereocenters. The summed E-state index contributed by atoms with van der Waals surface area (Å²) in [6, 6.07) is 2.43. The minimum Gasteiger partial charge on any atom is -0.399 e. The van der Waals surface area contributed by atoms with Crippen LogP contribution in [0.3, 0.4) is 0 Å². The summed E-state index contributed by atoms with van der Waals surface area (Å²) in [5.74, 6) is 0.00703. The van der Waals surface area contributed by atoms with Crippen molar-refractivity contribution in [1.82, 2.24) is 4.72 Å². The Morgan fingerprint density at radius 3 is 2.78 bits per heavy atom. The van der Waals surface area contributed by atoms with Crippen LogP contribution in [-0.2, 0) is 10.0 Å². The lowest BCUT2D eigenvalue weighted by atomic mass is 10.3. The number of nitrogens with one attached hydrogen (secondary N) is 1. The topological polar surface area (TPSA) is 72.2 Å². The maximum Gasteiger partial charge on any atom is 0.243 e. The van der Waals surface area contributed by atoms with Gasteiger partial charge in [0.25, 0.3) is 0 Å². The Bertz CT molecular complexity index is 523. The van der Waals surface area contributed by atoms with Gasteiger partial charge in [-0.2, -0.15) is 11.8 Å². The van der Waals surface area contributed by atoms with Crippen molar-refractivity contribution in [3.8, 4) is 0 Å². The van der Waals surface area contributed by atoms with Gasteiger partial charge in [-0.3, -0.25) is 0 Å². The maximum atomic E-state index is 13.7. The number of benzene rings is 1. The van der Waals surface area contributed by atoms with Crippen LogP contribution in [0.15, 0.2) is 21.5 Å². The standard InChI is InChI=1S/C10H14BrFN2O2S2/c1-17-4-2-3-14-18(15,16)9-6-7(13)5-8(11)10(9)12/h5-6,14H,2-4,13H2,1H3. The molecule has 0 saturated heterocycles. The van der Waals surface area contributed by atoms with E-state index in [0.717, 1.165) is 11.8 Å². The summed E-state index contributed by atoms with van der Waals surface area (Å²) >= 11 is 4.55. The second-order valence-corrected chi connectivity index (χ2v) is 7.13. The lowest BCUT2D eigenvalue weighted by Gasteiger charge is -2.09. The molecule has 0 heterocycles. The molecule has 102 valence electrons. The van der Waals surface area contributed by atoms with Crippen molar-refractivity contribution in [3.63, 3.8) is 0 Å². The minimum absolute atomic E-state index is 0.0342. The van der Waals surface area contributed by atoms with Crippen LogP contribution in [0, 0.1) is 5.82 Å². The summed E-state index contributed by atoms with van der Waals surface area (Å²) in [5, 5.41) is 0. The zero-order valence-electron chi connectivity index (χ0n) is 9.74. The normalized spacial score (nSPS) is 11.7. The highest BCUT2D eigenvalue weighted by Gasteiger charge is 2.21. The van der Waals surface area contributed by atoms with Crippen LogP contribution in [-0.4, -0.2) is 27.0 Å². The zero-order valence-corrected chi connectivity index (χ0v) is 13.0. The molecular formula is C10H14BrFN2O2S2. The monoisotopic (exact) mass is 356 g/mol. The quantitative estimate of drug-likeness (QED) is 0.605. The van der Waals surface area contributed by atoms with Crippen molar-refractivity contribution < 1.29 is 12.8 Å². The van der Waals surface area contributed by atoms with Gasteiger partial charge in [-0.05, 0) is 46.5 Å². The molecule has 0 fully saturated rings. The smallest absolute Gasteiger partial charge is 0.243 e. The van der Waals surface area contributed by atoms with E-state index in [1.54, 1.807) is 11.8 Å². The molecule has 4 nitrogen and oxygen atoms in total. The summed E-state index contributed by atoms with van der Waals surface area (Å²) in [5.41, 5.74) is 5.70. The summed E-state index contributed by atoms with van der Waals surface area (Å²) in [4.78, 5) is -0.432. The van der Waals surface area contributed by atoms with Crippen molar-refractivity contribution >= 4 is 43.4 Å². The average molecular weight is 357 g/mol. The van der Waals surface area contributed by atoms with Crippen molar-refractivity contribution in [2.24, 2.45) is 0 Å². The van der Waals surface area contributed by atoms with E-state index in [1.165, 1.54) is 6.07 Å². The number of hydrogen-bond acceptors (Lipinski definition) is 4. The third-order valence-corrected chi connectivity index (χ3v) is 4.86. The van der Waals surface area contributed by atoms with Gasteiger partial charge in [0.05, 0.1) is 4.47 Å². The highest BCUT2D eigenvalue weighted by atomic mass is 79.9. The minimum atomic E-state index is -3.86. The van der Waals surface area contributed by atoms with Gasteiger partial charge < -0.3 is 5.73 Å². The predicted molar refractivity (Wildman–Crippen MR) is 76.7 cm³/mol. The molecule has 0 unspecified atom stereocenters. The second-order valence-electron chi connectivity index (χ2n) is 3.56. The van der Waals surface area contributed by atoms with Crippen LogP contribution in [0.5, 0.6) is 0 Å². The van der Waals surface area contributed by atoms with Crippen LogP contribution in [0.1, 0.15) is 6.42 Å². The number of hydrogen-bond donors (Lipinski definition) is 2. The lowest BCUT2D eigenvalue weighted by Crippen LogP contribution is -2.26. The summed E-state index contributed by atoms with van der Waals surface area (Å²) in [6.07, 6.45) is 2.62. The van der Waals surface area contributed by atoms with Gasteiger partial charge in [0.1, 0.15) is 4.90 Å². The number of halogens is 2. The van der Waals surface area contributed by atoms with Crippen LogP contribution < -0.4 is 10.5 Å². The van der Waals surface area contributed by atoms with Gasteiger partial charge in [0.2, 0.25) is 10.0 Å². The van der Waals surface area contributed by atoms with E-state index >= 15 is 0 Å². The Labute approximate surface area is 119 Å². The molecule has 0 aliphatic heterocycles. The average Bonchev–Trinajstić information content (AvgIpc) is 2.29. The first-order chi connectivity index (χ1) is 8.38. The first kappa shape index (κ1) is 15.7. The zero-order chi connectivity index (χ0) is 13.8. The predicted octanol–water partition coefficient (Wildman–Crippen LogP) is 2.20. The Balaban J connectivity index is 2.91. The van der Waals surface area contributed by atoms with E-state index in [4.69, 9.17) is 5.73 Å². The van der Waals surface area contributed by atoms with Crippen molar-refractivity contribution in [2.75, 3.05) is 24.3 Å². The first-order valence-electron chi connectivity index (χ1n) is 5.11. The Morgan fingerprint density at radius 1 is 1.50 bits per heavy atom. The Kier molecular flexibility index (Phi) is 5.90. The highest BCUT2D eigenvalue weighted by Crippen LogP contribution is 2.25. The molecule has 0 saturated carbocycles. The van der Waals surface area contributed by atoms with Crippen LogP contribution >= 0.6 is 27.7 Å². The Morgan fingerprint density at radius 2 is 2.17 bits per heavy atom.